The number of nitrogen functional groups attached to an aromatic ring is 2. The summed E-state index contributed by atoms with van der Waals surface area (Å²) in [6, 6.07) is 0. The molecule has 1 aromatic heterocycles. The minimum absolute atomic E-state index is 0.303. The van der Waals surface area contributed by atoms with Crippen LogP contribution in [0.4, 0.5) is 11.9 Å². The number of anilines is 2. The molecular weight excluding hydrogens is 246 g/mol. The quantitative estimate of drug-likeness (QED) is 0.360. The van der Waals surface area contributed by atoms with Crippen molar-refractivity contribution in [2.45, 2.75) is 24.5 Å². The van der Waals surface area contributed by atoms with E-state index in [1.54, 1.807) is 0 Å². The lowest BCUT2D eigenvalue weighted by Gasteiger charge is -2.18. The second-order valence-corrected chi connectivity index (χ2v) is 3.82. The molecule has 1 saturated heterocycles. The third-order valence-electron chi connectivity index (χ3n) is 2.66. The minimum Gasteiger partial charge on any atom is -0.394 e. The molecule has 10 nitrogen and oxygen atoms in total. The summed E-state index contributed by atoms with van der Waals surface area (Å²) in [5.74, 6) is -0.608. The molecule has 0 unspecified atom stereocenters. The highest BCUT2D eigenvalue weighted by atomic mass is 16.6. The van der Waals surface area contributed by atoms with Gasteiger partial charge in [0.2, 0.25) is 11.9 Å². The smallest absolute Gasteiger partial charge is 0.355 e. The summed E-state index contributed by atoms with van der Waals surface area (Å²) in [6.45, 7) is -0.515. The van der Waals surface area contributed by atoms with Crippen LogP contribution in [0.2, 0.25) is 0 Å². The normalized spacial score (nSPS) is 31.7. The van der Waals surface area contributed by atoms with Crippen LogP contribution in [0.1, 0.15) is 6.23 Å². The Bertz CT molecular complexity index is 505. The fraction of sp³-hybridized carbons (Fsp3) is 0.625. The van der Waals surface area contributed by atoms with Crippen molar-refractivity contribution in [3.05, 3.63) is 10.5 Å². The summed E-state index contributed by atoms with van der Waals surface area (Å²) in [5.41, 5.74) is 9.86. The van der Waals surface area contributed by atoms with Crippen LogP contribution in [-0.4, -0.2) is 54.8 Å². The molecule has 2 rings (SSSR count). The first kappa shape index (κ1) is 12.7. The predicted octanol–water partition coefficient (Wildman–Crippen LogP) is -3.59. The number of aliphatic hydroxyl groups excluding tert-OH is 3. The Labute approximate surface area is 100 Å². The number of rotatable bonds is 2. The van der Waals surface area contributed by atoms with Crippen molar-refractivity contribution in [1.82, 2.24) is 14.5 Å². The molecule has 1 aromatic rings. The first-order chi connectivity index (χ1) is 8.45. The topological polar surface area (TPSA) is 170 Å². The lowest BCUT2D eigenvalue weighted by Crippen LogP contribution is -2.37. The second-order valence-electron chi connectivity index (χ2n) is 3.82. The van der Waals surface area contributed by atoms with Gasteiger partial charge in [0.15, 0.2) is 6.23 Å². The van der Waals surface area contributed by atoms with E-state index in [1.165, 1.54) is 0 Å². The zero-order valence-corrected chi connectivity index (χ0v) is 9.17. The van der Waals surface area contributed by atoms with Crippen LogP contribution in [0, 0.1) is 0 Å². The molecule has 0 amide bonds. The molecule has 4 atom stereocenters. The number of aliphatic hydroxyl groups is 3. The summed E-state index contributed by atoms with van der Waals surface area (Å²) in [4.78, 5) is 18.5. The molecule has 18 heavy (non-hydrogen) atoms. The van der Waals surface area contributed by atoms with Crippen molar-refractivity contribution in [3.63, 3.8) is 0 Å². The highest BCUT2D eigenvalue weighted by Gasteiger charge is 2.44. The number of nitrogens with zero attached hydrogens (tertiary/aromatic N) is 3. The Kier molecular flexibility index (Phi) is 3.17. The van der Waals surface area contributed by atoms with Gasteiger partial charge in [-0.25, -0.2) is 9.36 Å². The van der Waals surface area contributed by atoms with E-state index in [0.717, 1.165) is 4.57 Å². The fourth-order valence-corrected chi connectivity index (χ4v) is 1.78. The first-order valence-corrected chi connectivity index (χ1v) is 5.09. The van der Waals surface area contributed by atoms with Crippen molar-refractivity contribution >= 4 is 11.9 Å². The van der Waals surface area contributed by atoms with Crippen LogP contribution < -0.4 is 17.2 Å². The van der Waals surface area contributed by atoms with Gasteiger partial charge in [0.25, 0.3) is 0 Å². The highest BCUT2D eigenvalue weighted by Crippen LogP contribution is 2.29. The van der Waals surface area contributed by atoms with Crippen LogP contribution in [0.25, 0.3) is 0 Å². The minimum atomic E-state index is -1.44. The van der Waals surface area contributed by atoms with Gasteiger partial charge in [0.05, 0.1) is 6.61 Å². The molecule has 7 N–H and O–H groups in total. The molecule has 0 aliphatic carbocycles. The lowest BCUT2D eigenvalue weighted by molar-refractivity contribution is -0.0542. The molecular formula is C8H13N5O5. The molecule has 0 saturated carbocycles. The van der Waals surface area contributed by atoms with Crippen molar-refractivity contribution < 1.29 is 20.1 Å². The standard InChI is InChI=1S/C8H13N5O5/c9-6-11-7(10)13(8(17)12-6)5-4(16)3(15)2(1-14)18-5/h2-5,14-16H,1H2,(H4,9,10,11,12,17)/t2-,3-,4-,5-/m1/s1. The van der Waals surface area contributed by atoms with E-state index in [-0.39, 0.29) is 11.9 Å². The number of ether oxygens (including phenoxy) is 1. The van der Waals surface area contributed by atoms with Gasteiger partial charge in [-0.05, 0) is 0 Å². The van der Waals surface area contributed by atoms with Crippen LogP contribution in [-0.2, 0) is 4.74 Å². The number of aromatic nitrogens is 3. The van der Waals surface area contributed by atoms with Gasteiger partial charge < -0.3 is 31.5 Å². The van der Waals surface area contributed by atoms with Crippen LogP contribution in [0.15, 0.2) is 4.79 Å². The molecule has 0 radical (unpaired) electrons. The van der Waals surface area contributed by atoms with Gasteiger partial charge in [0, 0.05) is 0 Å². The molecule has 10 heteroatoms. The van der Waals surface area contributed by atoms with Gasteiger partial charge in [-0.15, -0.1) is 0 Å². The third kappa shape index (κ3) is 1.90. The summed E-state index contributed by atoms with van der Waals surface area (Å²) in [5, 5.41) is 28.2. The molecule has 1 fully saturated rings. The Morgan fingerprint density at radius 3 is 2.44 bits per heavy atom. The van der Waals surface area contributed by atoms with Crippen LogP contribution >= 0.6 is 0 Å². The molecule has 2 heterocycles. The fourth-order valence-electron chi connectivity index (χ4n) is 1.78. The first-order valence-electron chi connectivity index (χ1n) is 5.09. The number of hydrogen-bond acceptors (Lipinski definition) is 9. The SMILES string of the molecule is Nc1nc(N)n([C@@H]2O[C@H](CO)[C@@H](O)[C@H]2O)c(=O)n1. The molecule has 1 aliphatic rings. The van der Waals surface area contributed by atoms with E-state index < -0.39 is 36.8 Å². The van der Waals surface area contributed by atoms with Gasteiger partial charge in [0.1, 0.15) is 18.3 Å². The van der Waals surface area contributed by atoms with E-state index in [0.29, 0.717) is 0 Å². The lowest BCUT2D eigenvalue weighted by atomic mass is 10.1. The maximum absolute atomic E-state index is 11.6. The number of nitrogens with two attached hydrogens (primary N) is 2. The Balaban J connectivity index is 2.42. The van der Waals surface area contributed by atoms with E-state index in [9.17, 15) is 15.0 Å². The van der Waals surface area contributed by atoms with Crippen molar-refractivity contribution in [3.8, 4) is 0 Å². The van der Waals surface area contributed by atoms with E-state index in [2.05, 4.69) is 9.97 Å². The predicted molar refractivity (Wildman–Crippen MR) is 58.1 cm³/mol. The molecule has 0 bridgehead atoms. The summed E-state index contributed by atoms with van der Waals surface area (Å²) in [7, 11) is 0. The zero-order valence-electron chi connectivity index (χ0n) is 9.17. The largest absolute Gasteiger partial charge is 0.394 e. The molecule has 0 aromatic carbocycles. The Hall–Kier alpha value is -1.75. The Morgan fingerprint density at radius 2 is 1.94 bits per heavy atom. The van der Waals surface area contributed by atoms with E-state index >= 15 is 0 Å². The van der Waals surface area contributed by atoms with Gasteiger partial charge in [-0.3, -0.25) is 0 Å². The molecule has 100 valence electrons. The average molecular weight is 259 g/mol. The summed E-state index contributed by atoms with van der Waals surface area (Å²) < 4.78 is 5.90. The van der Waals surface area contributed by atoms with E-state index in [1.807, 2.05) is 0 Å². The van der Waals surface area contributed by atoms with Crippen LogP contribution in [0.5, 0.6) is 0 Å². The summed E-state index contributed by atoms with van der Waals surface area (Å²) >= 11 is 0. The monoisotopic (exact) mass is 259 g/mol. The Morgan fingerprint density at radius 1 is 1.28 bits per heavy atom. The van der Waals surface area contributed by atoms with Crippen molar-refractivity contribution in [2.75, 3.05) is 18.1 Å². The van der Waals surface area contributed by atoms with Crippen LogP contribution in [0.3, 0.4) is 0 Å². The molecule has 0 spiro atoms. The number of hydrogen-bond donors (Lipinski definition) is 5. The van der Waals surface area contributed by atoms with Gasteiger partial charge >= 0.3 is 5.69 Å². The zero-order chi connectivity index (χ0) is 13.4. The summed E-state index contributed by atoms with van der Waals surface area (Å²) in [6.07, 6.45) is -5.07. The van der Waals surface area contributed by atoms with Gasteiger partial charge in [-0.2, -0.15) is 9.97 Å². The third-order valence-corrected chi connectivity index (χ3v) is 2.66. The highest BCUT2D eigenvalue weighted by molar-refractivity contribution is 5.26. The maximum Gasteiger partial charge on any atom is 0.355 e. The molecule has 1 aliphatic heterocycles. The van der Waals surface area contributed by atoms with Gasteiger partial charge in [-0.1, -0.05) is 0 Å². The van der Waals surface area contributed by atoms with Crippen molar-refractivity contribution in [1.29, 1.82) is 0 Å². The second kappa shape index (κ2) is 4.49. The maximum atomic E-state index is 11.6. The van der Waals surface area contributed by atoms with E-state index in [4.69, 9.17) is 21.3 Å². The van der Waals surface area contributed by atoms with Crippen molar-refractivity contribution in [2.24, 2.45) is 0 Å². The average Bonchev–Trinajstić information content (AvgIpc) is 2.56.